The van der Waals surface area contributed by atoms with Crippen LogP contribution in [0, 0.1) is 0 Å². The Labute approximate surface area is 218 Å². The molecule has 1 aliphatic carbocycles. The van der Waals surface area contributed by atoms with Crippen molar-refractivity contribution < 1.29 is 4.79 Å². The van der Waals surface area contributed by atoms with Crippen molar-refractivity contribution in [3.8, 4) is 0 Å². The van der Waals surface area contributed by atoms with E-state index < -0.39 is 0 Å². The number of hydrogen-bond donors (Lipinski definition) is 1. The number of imidazole rings is 1. The van der Waals surface area contributed by atoms with Gasteiger partial charge in [-0.3, -0.25) is 14.3 Å². The average molecular weight is 494 g/mol. The van der Waals surface area contributed by atoms with Gasteiger partial charge in [0, 0.05) is 35.8 Å². The minimum atomic E-state index is -0.0787. The highest BCUT2D eigenvalue weighted by atomic mass is 16.1. The topological polar surface area (TPSA) is 58.1 Å². The van der Waals surface area contributed by atoms with Crippen molar-refractivity contribution in [2.24, 2.45) is 0 Å². The molecule has 1 saturated carbocycles. The zero-order chi connectivity index (χ0) is 25.2. The summed E-state index contributed by atoms with van der Waals surface area (Å²) in [5.41, 5.74) is 4.36. The Kier molecular flexibility index (Phi) is 6.56. The van der Waals surface area contributed by atoms with Crippen LogP contribution in [0.3, 0.4) is 0 Å². The lowest BCUT2D eigenvalue weighted by Crippen LogP contribution is -2.50. The van der Waals surface area contributed by atoms with Crippen LogP contribution < -0.4 is 5.69 Å². The second-order valence-electron chi connectivity index (χ2n) is 10.8. The SMILES string of the molecule is O=C(c1ccccc1)c1ccc2c(c1)[nH]c(=O)n2C1CCN(C2(c3ccccc3)CCCCCC2)CC1. The van der Waals surface area contributed by atoms with E-state index in [4.69, 9.17) is 0 Å². The molecule has 0 amide bonds. The molecule has 0 atom stereocenters. The number of hydrogen-bond acceptors (Lipinski definition) is 3. The first kappa shape index (κ1) is 23.9. The molecule has 0 bridgehead atoms. The molecule has 3 aromatic carbocycles. The number of benzene rings is 3. The van der Waals surface area contributed by atoms with E-state index in [1.165, 1.54) is 44.1 Å². The summed E-state index contributed by atoms with van der Waals surface area (Å²) in [5, 5.41) is 0. The molecule has 2 heterocycles. The Bertz CT molecular complexity index is 1420. The number of aromatic amines is 1. The first-order valence-electron chi connectivity index (χ1n) is 13.8. The first-order valence-corrected chi connectivity index (χ1v) is 13.8. The normalized spacial score (nSPS) is 19.0. The first-order chi connectivity index (χ1) is 18.2. The number of carbonyl (C=O) groups excluding carboxylic acids is 1. The largest absolute Gasteiger partial charge is 0.326 e. The fourth-order valence-corrected chi connectivity index (χ4v) is 6.79. The lowest BCUT2D eigenvalue weighted by atomic mass is 9.79. The summed E-state index contributed by atoms with van der Waals surface area (Å²) in [7, 11) is 0. The molecule has 2 fully saturated rings. The molecule has 5 nitrogen and oxygen atoms in total. The molecule has 37 heavy (non-hydrogen) atoms. The summed E-state index contributed by atoms with van der Waals surface area (Å²) in [5.74, 6) is -0.0287. The molecule has 4 aromatic rings. The van der Waals surface area contributed by atoms with Gasteiger partial charge in [-0.2, -0.15) is 0 Å². The lowest BCUT2D eigenvalue weighted by Gasteiger charge is -2.47. The third-order valence-corrected chi connectivity index (χ3v) is 8.69. The smallest absolute Gasteiger partial charge is 0.306 e. The predicted octanol–water partition coefficient (Wildman–Crippen LogP) is 6.45. The van der Waals surface area contributed by atoms with E-state index in [1.807, 2.05) is 53.1 Å². The molecule has 1 aliphatic heterocycles. The van der Waals surface area contributed by atoms with Gasteiger partial charge in [-0.15, -0.1) is 0 Å². The van der Waals surface area contributed by atoms with Crippen LogP contribution in [-0.2, 0) is 5.54 Å². The van der Waals surface area contributed by atoms with Crippen LogP contribution >= 0.6 is 0 Å². The molecule has 6 rings (SSSR count). The number of ketones is 1. The molecule has 2 aliphatic rings. The number of H-pyrrole nitrogens is 1. The maximum atomic E-state index is 13.1. The molecular weight excluding hydrogens is 458 g/mol. The van der Waals surface area contributed by atoms with Gasteiger partial charge in [-0.25, -0.2) is 4.79 Å². The van der Waals surface area contributed by atoms with Crippen molar-refractivity contribution in [3.05, 3.63) is 106 Å². The minimum Gasteiger partial charge on any atom is -0.306 e. The molecule has 0 radical (unpaired) electrons. The van der Waals surface area contributed by atoms with Crippen LogP contribution in [0.1, 0.15) is 78.9 Å². The third-order valence-electron chi connectivity index (χ3n) is 8.69. The van der Waals surface area contributed by atoms with E-state index in [0.717, 1.165) is 37.0 Å². The number of carbonyl (C=O) groups is 1. The van der Waals surface area contributed by atoms with Gasteiger partial charge in [-0.1, -0.05) is 86.3 Å². The van der Waals surface area contributed by atoms with Gasteiger partial charge in [0.15, 0.2) is 5.78 Å². The standard InChI is InChI=1S/C32H35N3O2/c36-30(24-11-5-3-6-12-24)25-15-16-29-28(23-25)33-31(37)35(29)27-17-21-34(22-18-27)32(19-9-1-2-10-20-32)26-13-7-4-8-14-26/h3-8,11-16,23,27H,1-2,9-10,17-22H2,(H,33,37). The molecule has 0 unspecified atom stereocenters. The maximum absolute atomic E-state index is 13.1. The fourth-order valence-electron chi connectivity index (χ4n) is 6.79. The summed E-state index contributed by atoms with van der Waals surface area (Å²) in [6.07, 6.45) is 9.54. The minimum absolute atomic E-state index is 0.0287. The Hall–Kier alpha value is -3.44. The van der Waals surface area contributed by atoms with E-state index in [1.54, 1.807) is 0 Å². The van der Waals surface area contributed by atoms with Crippen molar-refractivity contribution in [2.45, 2.75) is 62.9 Å². The number of piperidine rings is 1. The number of aromatic nitrogens is 2. The number of likely N-dealkylation sites (tertiary alicyclic amines) is 1. The third kappa shape index (κ3) is 4.46. The van der Waals surface area contributed by atoms with Gasteiger partial charge >= 0.3 is 5.69 Å². The highest BCUT2D eigenvalue weighted by Crippen LogP contribution is 2.43. The highest BCUT2D eigenvalue weighted by molar-refractivity contribution is 6.10. The van der Waals surface area contributed by atoms with Crippen molar-refractivity contribution >= 4 is 16.8 Å². The van der Waals surface area contributed by atoms with Crippen LogP contribution in [0.5, 0.6) is 0 Å². The summed E-state index contributed by atoms with van der Waals surface area (Å²) in [6.45, 7) is 1.98. The monoisotopic (exact) mass is 493 g/mol. The summed E-state index contributed by atoms with van der Waals surface area (Å²) >= 11 is 0. The number of nitrogens with zero attached hydrogens (tertiary/aromatic N) is 2. The van der Waals surface area contributed by atoms with Crippen molar-refractivity contribution in [1.82, 2.24) is 14.5 Å². The zero-order valence-electron chi connectivity index (χ0n) is 21.4. The van der Waals surface area contributed by atoms with Gasteiger partial charge in [0.2, 0.25) is 0 Å². The van der Waals surface area contributed by atoms with Crippen molar-refractivity contribution in [1.29, 1.82) is 0 Å². The summed E-state index contributed by atoms with van der Waals surface area (Å²) in [6, 6.07) is 26.2. The van der Waals surface area contributed by atoms with Gasteiger partial charge in [0.1, 0.15) is 0 Å². The van der Waals surface area contributed by atoms with Gasteiger partial charge in [0.25, 0.3) is 0 Å². The van der Waals surface area contributed by atoms with Crippen LogP contribution in [0.4, 0.5) is 0 Å². The van der Waals surface area contributed by atoms with E-state index in [-0.39, 0.29) is 23.1 Å². The Morgan fingerprint density at radius 2 is 1.43 bits per heavy atom. The van der Waals surface area contributed by atoms with Crippen LogP contribution in [0.25, 0.3) is 11.0 Å². The Morgan fingerprint density at radius 1 is 0.784 bits per heavy atom. The van der Waals surface area contributed by atoms with E-state index >= 15 is 0 Å². The molecule has 0 spiro atoms. The number of fused-ring (bicyclic) bond motifs is 1. The fraction of sp³-hybridized carbons (Fsp3) is 0.375. The van der Waals surface area contributed by atoms with Crippen molar-refractivity contribution in [3.63, 3.8) is 0 Å². The summed E-state index contributed by atoms with van der Waals surface area (Å²) < 4.78 is 1.94. The average Bonchev–Trinajstić information content (AvgIpc) is 3.11. The Balaban J connectivity index is 1.25. The molecule has 5 heteroatoms. The molecule has 1 N–H and O–H groups in total. The number of nitrogens with one attached hydrogen (secondary N) is 1. The van der Waals surface area contributed by atoms with E-state index in [9.17, 15) is 9.59 Å². The van der Waals surface area contributed by atoms with Crippen LogP contribution in [0.2, 0.25) is 0 Å². The lowest BCUT2D eigenvalue weighted by molar-refractivity contribution is 0.0356. The highest BCUT2D eigenvalue weighted by Gasteiger charge is 2.40. The van der Waals surface area contributed by atoms with Crippen LogP contribution in [-0.4, -0.2) is 33.3 Å². The van der Waals surface area contributed by atoms with E-state index in [0.29, 0.717) is 11.1 Å². The zero-order valence-corrected chi connectivity index (χ0v) is 21.4. The van der Waals surface area contributed by atoms with Gasteiger partial charge in [-0.05, 0) is 49.4 Å². The predicted molar refractivity (Wildman–Crippen MR) is 148 cm³/mol. The molecule has 190 valence electrons. The summed E-state index contributed by atoms with van der Waals surface area (Å²) in [4.78, 5) is 31.8. The second-order valence-corrected chi connectivity index (χ2v) is 10.8. The molecule has 1 aromatic heterocycles. The number of rotatable bonds is 5. The van der Waals surface area contributed by atoms with Crippen LogP contribution in [0.15, 0.2) is 83.7 Å². The molecular formula is C32H35N3O2. The maximum Gasteiger partial charge on any atom is 0.326 e. The second kappa shape index (κ2) is 10.1. The van der Waals surface area contributed by atoms with Gasteiger partial charge in [0.05, 0.1) is 11.0 Å². The van der Waals surface area contributed by atoms with Gasteiger partial charge < -0.3 is 4.98 Å². The Morgan fingerprint density at radius 3 is 2.11 bits per heavy atom. The molecule has 1 saturated heterocycles. The quantitative estimate of drug-likeness (QED) is 0.257. The van der Waals surface area contributed by atoms with Crippen molar-refractivity contribution in [2.75, 3.05) is 13.1 Å². The van der Waals surface area contributed by atoms with E-state index in [2.05, 4.69) is 40.2 Å².